The van der Waals surface area contributed by atoms with Gasteiger partial charge in [0.15, 0.2) is 5.13 Å². The van der Waals surface area contributed by atoms with Crippen LogP contribution in [-0.2, 0) is 14.8 Å². The Labute approximate surface area is 151 Å². The monoisotopic (exact) mass is 405 g/mol. The number of amides is 1. The quantitative estimate of drug-likeness (QED) is 0.718. The average Bonchev–Trinajstić information content (AvgIpc) is 2.95. The molecule has 0 radical (unpaired) electrons. The largest absolute Gasteiger partial charge is 0.471 e. The van der Waals surface area contributed by atoms with E-state index in [2.05, 4.69) is 18.1 Å². The average molecular weight is 405 g/mol. The molecule has 0 saturated heterocycles. The van der Waals surface area contributed by atoms with E-state index in [-0.39, 0.29) is 28.6 Å². The number of fused-ring (bicyclic) bond motifs is 1. The summed E-state index contributed by atoms with van der Waals surface area (Å²) in [4.78, 5) is 14.8. The minimum absolute atomic E-state index is 0.0500. The van der Waals surface area contributed by atoms with E-state index in [4.69, 9.17) is 0 Å². The summed E-state index contributed by atoms with van der Waals surface area (Å²) >= 11 is 0.744. The summed E-state index contributed by atoms with van der Waals surface area (Å²) in [6.45, 7) is 7.16. The molecule has 1 amide bonds. The number of sulfonamides is 1. The number of nitrogens with one attached hydrogen (secondary N) is 1. The van der Waals surface area contributed by atoms with Gasteiger partial charge in [0.2, 0.25) is 10.0 Å². The fourth-order valence-electron chi connectivity index (χ4n) is 1.99. The van der Waals surface area contributed by atoms with Crippen LogP contribution >= 0.6 is 11.3 Å². The molecule has 0 spiro atoms. The number of alkyl halides is 3. The third kappa shape index (κ3) is 4.29. The number of hydrogen-bond donors (Lipinski definition) is 1. The number of thiazole rings is 1. The van der Waals surface area contributed by atoms with Crippen molar-refractivity contribution in [3.8, 4) is 0 Å². The third-order valence-electron chi connectivity index (χ3n) is 3.14. The summed E-state index contributed by atoms with van der Waals surface area (Å²) in [5, 5.41) is 1.38. The maximum Gasteiger partial charge on any atom is 0.471 e. The molecule has 2 aromatic rings. The van der Waals surface area contributed by atoms with E-state index in [0.29, 0.717) is 4.70 Å². The van der Waals surface area contributed by atoms with Gasteiger partial charge in [0.05, 0.1) is 15.1 Å². The van der Waals surface area contributed by atoms with Crippen LogP contribution in [-0.4, -0.2) is 42.9 Å². The minimum Gasteiger partial charge on any atom is -0.294 e. The van der Waals surface area contributed by atoms with Crippen molar-refractivity contribution < 1.29 is 26.4 Å². The van der Waals surface area contributed by atoms with E-state index >= 15 is 0 Å². The van der Waals surface area contributed by atoms with Crippen LogP contribution in [0.2, 0.25) is 0 Å². The Morgan fingerprint density at radius 2 is 1.88 bits per heavy atom. The summed E-state index contributed by atoms with van der Waals surface area (Å²) in [5.41, 5.74) is 0.269. The maximum atomic E-state index is 12.7. The van der Waals surface area contributed by atoms with Gasteiger partial charge in [-0.2, -0.15) is 17.5 Å². The highest BCUT2D eigenvalue weighted by atomic mass is 32.2. The summed E-state index contributed by atoms with van der Waals surface area (Å²) in [6.07, 6.45) is -2.18. The van der Waals surface area contributed by atoms with Gasteiger partial charge in [-0.25, -0.2) is 13.4 Å². The number of halogens is 3. The first-order valence-corrected chi connectivity index (χ1v) is 9.36. The lowest BCUT2D eigenvalue weighted by atomic mass is 10.3. The molecule has 1 aromatic carbocycles. The topological polar surface area (TPSA) is 79.4 Å². The molecule has 0 aliphatic carbocycles. The van der Waals surface area contributed by atoms with Crippen LogP contribution in [0.4, 0.5) is 18.3 Å². The fraction of sp³-hybridized carbons (Fsp3) is 0.200. The molecule has 2 rings (SSSR count). The normalized spacial score (nSPS) is 12.3. The zero-order valence-corrected chi connectivity index (χ0v) is 14.9. The van der Waals surface area contributed by atoms with Crippen LogP contribution in [0.25, 0.3) is 10.2 Å². The van der Waals surface area contributed by atoms with E-state index in [9.17, 15) is 26.4 Å². The first-order chi connectivity index (χ1) is 12.1. The highest BCUT2D eigenvalue weighted by Gasteiger charge is 2.39. The molecule has 0 unspecified atom stereocenters. The summed E-state index contributed by atoms with van der Waals surface area (Å²) in [6, 6.07) is 3.96. The van der Waals surface area contributed by atoms with Gasteiger partial charge in [-0.05, 0) is 18.2 Å². The van der Waals surface area contributed by atoms with Gasteiger partial charge in [0, 0.05) is 13.1 Å². The standard InChI is InChI=1S/C15H14F3N3O3S2/c1-3-7-21(8-4-2)26(23,24)10-5-6-11-12(9-10)25-14(19-11)20-13(22)15(16,17)18/h3-6,9H,1-2,7-8H2,(H,19,20,22). The molecule has 0 saturated carbocycles. The molecule has 1 N–H and O–H groups in total. The van der Waals surface area contributed by atoms with E-state index < -0.39 is 22.1 Å². The fourth-order valence-corrected chi connectivity index (χ4v) is 4.38. The predicted molar refractivity (Wildman–Crippen MR) is 93.5 cm³/mol. The Morgan fingerprint density at radius 3 is 2.42 bits per heavy atom. The predicted octanol–water partition coefficient (Wildman–Crippen LogP) is 3.16. The number of aromatic nitrogens is 1. The van der Waals surface area contributed by atoms with Gasteiger partial charge in [-0.1, -0.05) is 23.5 Å². The van der Waals surface area contributed by atoms with Crippen molar-refractivity contribution in [2.75, 3.05) is 18.4 Å². The molecule has 1 heterocycles. The van der Waals surface area contributed by atoms with Crippen molar-refractivity contribution in [2.45, 2.75) is 11.1 Å². The second-order valence-electron chi connectivity index (χ2n) is 5.00. The molecule has 0 atom stereocenters. The Bertz CT molecular complexity index is 942. The van der Waals surface area contributed by atoms with Crippen molar-refractivity contribution in [3.05, 3.63) is 43.5 Å². The molecule has 26 heavy (non-hydrogen) atoms. The molecule has 0 bridgehead atoms. The van der Waals surface area contributed by atoms with Crippen LogP contribution in [0.3, 0.4) is 0 Å². The van der Waals surface area contributed by atoms with Crippen LogP contribution in [0.5, 0.6) is 0 Å². The molecule has 1 aromatic heterocycles. The summed E-state index contributed by atoms with van der Waals surface area (Å²) in [7, 11) is -3.85. The van der Waals surface area contributed by atoms with Gasteiger partial charge >= 0.3 is 12.1 Å². The maximum absolute atomic E-state index is 12.7. The lowest BCUT2D eigenvalue weighted by Crippen LogP contribution is -2.31. The Morgan fingerprint density at radius 1 is 1.27 bits per heavy atom. The highest BCUT2D eigenvalue weighted by molar-refractivity contribution is 7.89. The van der Waals surface area contributed by atoms with E-state index in [1.165, 1.54) is 30.4 Å². The second-order valence-corrected chi connectivity index (χ2v) is 7.97. The molecule has 0 fully saturated rings. The van der Waals surface area contributed by atoms with E-state index in [1.807, 2.05) is 0 Å². The third-order valence-corrected chi connectivity index (χ3v) is 5.90. The van der Waals surface area contributed by atoms with Crippen LogP contribution < -0.4 is 5.32 Å². The van der Waals surface area contributed by atoms with E-state index in [1.54, 1.807) is 5.32 Å². The van der Waals surface area contributed by atoms with Gasteiger partial charge in [-0.3, -0.25) is 10.1 Å². The van der Waals surface area contributed by atoms with E-state index in [0.717, 1.165) is 15.6 Å². The first-order valence-electron chi connectivity index (χ1n) is 7.10. The number of nitrogens with zero attached hydrogens (tertiary/aromatic N) is 2. The Kier molecular flexibility index (Phi) is 5.84. The van der Waals surface area contributed by atoms with Gasteiger partial charge in [0.25, 0.3) is 0 Å². The van der Waals surface area contributed by atoms with Crippen molar-refractivity contribution in [1.29, 1.82) is 0 Å². The SMILES string of the molecule is C=CCN(CC=C)S(=O)(=O)c1ccc2nc(NC(=O)C(F)(F)F)sc2c1. The molecule has 6 nitrogen and oxygen atoms in total. The van der Waals surface area contributed by atoms with Crippen LogP contribution in [0, 0.1) is 0 Å². The zero-order chi connectivity index (χ0) is 19.5. The Balaban J connectivity index is 2.38. The number of benzene rings is 1. The molecule has 0 aliphatic rings. The van der Waals surface area contributed by atoms with Gasteiger partial charge in [0.1, 0.15) is 0 Å². The number of carbonyl (C=O) groups excluding carboxylic acids is 1. The van der Waals surface area contributed by atoms with Crippen LogP contribution in [0.1, 0.15) is 0 Å². The summed E-state index contributed by atoms with van der Waals surface area (Å²) in [5.74, 6) is -2.15. The number of hydrogen-bond acceptors (Lipinski definition) is 5. The molecular formula is C15H14F3N3O3S2. The number of anilines is 1. The van der Waals surface area contributed by atoms with Gasteiger partial charge < -0.3 is 0 Å². The number of carbonyl (C=O) groups is 1. The van der Waals surface area contributed by atoms with Gasteiger partial charge in [-0.15, -0.1) is 13.2 Å². The molecule has 11 heteroatoms. The first kappa shape index (κ1) is 20.1. The number of rotatable bonds is 7. The highest BCUT2D eigenvalue weighted by Crippen LogP contribution is 2.30. The van der Waals surface area contributed by atoms with Crippen LogP contribution in [0.15, 0.2) is 48.4 Å². The lowest BCUT2D eigenvalue weighted by molar-refractivity contribution is -0.167. The molecular weight excluding hydrogens is 391 g/mol. The Hall–Kier alpha value is -2.24. The minimum atomic E-state index is -5.04. The molecule has 140 valence electrons. The summed E-state index contributed by atoms with van der Waals surface area (Å²) < 4.78 is 63.7. The second kappa shape index (κ2) is 7.56. The van der Waals surface area contributed by atoms with Crippen molar-refractivity contribution in [3.63, 3.8) is 0 Å². The zero-order valence-electron chi connectivity index (χ0n) is 13.3. The molecule has 0 aliphatic heterocycles. The van der Waals surface area contributed by atoms with Crippen molar-refractivity contribution in [2.24, 2.45) is 0 Å². The van der Waals surface area contributed by atoms with Crippen molar-refractivity contribution >= 4 is 42.6 Å². The van der Waals surface area contributed by atoms with Crippen molar-refractivity contribution in [1.82, 2.24) is 9.29 Å². The smallest absolute Gasteiger partial charge is 0.294 e. The lowest BCUT2D eigenvalue weighted by Gasteiger charge is -2.18.